The highest BCUT2D eigenvalue weighted by Gasteiger charge is 2.17. The lowest BCUT2D eigenvalue weighted by atomic mass is 10.1. The van der Waals surface area contributed by atoms with Gasteiger partial charge in [0.2, 0.25) is 5.95 Å². The van der Waals surface area contributed by atoms with E-state index in [1.807, 2.05) is 24.3 Å². The van der Waals surface area contributed by atoms with E-state index >= 15 is 0 Å². The van der Waals surface area contributed by atoms with Gasteiger partial charge in [-0.05, 0) is 36.4 Å². The van der Waals surface area contributed by atoms with Crippen molar-refractivity contribution in [2.45, 2.75) is 25.4 Å². The molecule has 0 aliphatic carbocycles. The molecule has 8 heteroatoms. The van der Waals surface area contributed by atoms with E-state index in [9.17, 15) is 5.26 Å². The zero-order valence-electron chi connectivity index (χ0n) is 17.0. The molecule has 0 saturated carbocycles. The van der Waals surface area contributed by atoms with E-state index in [2.05, 4.69) is 26.3 Å². The van der Waals surface area contributed by atoms with E-state index in [0.29, 0.717) is 42.6 Å². The molecule has 0 bridgehead atoms. The fourth-order valence-electron chi connectivity index (χ4n) is 3.32. The zero-order chi connectivity index (χ0) is 21.5. The molecule has 1 saturated heterocycles. The molecule has 1 aliphatic rings. The van der Waals surface area contributed by atoms with Crippen LogP contribution in [0, 0.1) is 11.3 Å². The fraction of sp³-hybridized carbons (Fsp3) is 0.304. The smallest absolute Gasteiger partial charge is 0.227 e. The molecule has 1 fully saturated rings. The molecule has 1 aromatic carbocycles. The molecular weight excluding hydrogens is 394 g/mol. The lowest BCUT2D eigenvalue weighted by Gasteiger charge is -2.23. The van der Waals surface area contributed by atoms with Gasteiger partial charge in [0.15, 0.2) is 0 Å². The summed E-state index contributed by atoms with van der Waals surface area (Å²) in [5.41, 5.74) is 3.53. The van der Waals surface area contributed by atoms with Crippen molar-refractivity contribution >= 4 is 11.6 Å². The van der Waals surface area contributed by atoms with Crippen LogP contribution in [0.1, 0.15) is 24.1 Å². The van der Waals surface area contributed by atoms with E-state index in [1.165, 1.54) is 0 Å². The SMILES string of the molecule is N#Cc1cc(-c2ccnc(Nc3ccc(CCO)nc3)n2)ccc1OC1CCOCC1. The van der Waals surface area contributed by atoms with Crippen molar-refractivity contribution < 1.29 is 14.6 Å². The highest BCUT2D eigenvalue weighted by Crippen LogP contribution is 2.28. The van der Waals surface area contributed by atoms with Crippen LogP contribution in [0.4, 0.5) is 11.6 Å². The van der Waals surface area contributed by atoms with E-state index in [0.717, 1.165) is 29.8 Å². The minimum Gasteiger partial charge on any atom is -0.489 e. The Morgan fingerprint density at radius 1 is 1.16 bits per heavy atom. The first kappa shape index (κ1) is 20.7. The van der Waals surface area contributed by atoms with Crippen LogP contribution in [0.2, 0.25) is 0 Å². The van der Waals surface area contributed by atoms with Crippen molar-refractivity contribution in [1.29, 1.82) is 5.26 Å². The summed E-state index contributed by atoms with van der Waals surface area (Å²) in [5.74, 6) is 1.01. The fourth-order valence-corrected chi connectivity index (χ4v) is 3.32. The third kappa shape index (κ3) is 5.34. The molecular formula is C23H23N5O3. The minimum atomic E-state index is 0.0640. The molecule has 31 heavy (non-hydrogen) atoms. The lowest BCUT2D eigenvalue weighted by molar-refractivity contribution is 0.0254. The van der Waals surface area contributed by atoms with Gasteiger partial charge in [0, 0.05) is 43.3 Å². The number of ether oxygens (including phenoxy) is 2. The van der Waals surface area contributed by atoms with Crippen LogP contribution in [0.25, 0.3) is 11.3 Å². The highest BCUT2D eigenvalue weighted by atomic mass is 16.5. The van der Waals surface area contributed by atoms with Gasteiger partial charge in [-0.25, -0.2) is 9.97 Å². The van der Waals surface area contributed by atoms with Crippen LogP contribution in [-0.4, -0.2) is 46.0 Å². The molecule has 2 aromatic heterocycles. The maximum absolute atomic E-state index is 9.61. The first-order valence-corrected chi connectivity index (χ1v) is 10.2. The third-order valence-electron chi connectivity index (χ3n) is 4.96. The van der Waals surface area contributed by atoms with Gasteiger partial charge < -0.3 is 19.9 Å². The Morgan fingerprint density at radius 3 is 2.77 bits per heavy atom. The number of aromatic nitrogens is 3. The maximum Gasteiger partial charge on any atom is 0.227 e. The van der Waals surface area contributed by atoms with Crippen LogP contribution in [0.5, 0.6) is 5.75 Å². The first-order chi connectivity index (χ1) is 15.2. The number of hydrogen-bond acceptors (Lipinski definition) is 8. The maximum atomic E-state index is 9.61. The second-order valence-electron chi connectivity index (χ2n) is 7.15. The van der Waals surface area contributed by atoms with Crippen LogP contribution < -0.4 is 10.1 Å². The third-order valence-corrected chi connectivity index (χ3v) is 4.96. The Hall–Kier alpha value is -3.54. The number of nitriles is 1. The normalized spacial score (nSPS) is 14.1. The summed E-state index contributed by atoms with van der Waals surface area (Å²) in [6.45, 7) is 1.43. The number of anilines is 2. The highest BCUT2D eigenvalue weighted by molar-refractivity contribution is 5.65. The van der Waals surface area contributed by atoms with Crippen molar-refractivity contribution in [3.63, 3.8) is 0 Å². The van der Waals surface area contributed by atoms with Gasteiger partial charge >= 0.3 is 0 Å². The van der Waals surface area contributed by atoms with Gasteiger partial charge in [-0.15, -0.1) is 0 Å². The molecule has 8 nitrogen and oxygen atoms in total. The Kier molecular flexibility index (Phi) is 6.67. The molecule has 1 aliphatic heterocycles. The summed E-state index contributed by atoms with van der Waals surface area (Å²) in [4.78, 5) is 13.1. The van der Waals surface area contributed by atoms with Crippen molar-refractivity contribution in [3.05, 3.63) is 60.0 Å². The Morgan fingerprint density at radius 2 is 2.03 bits per heavy atom. The molecule has 0 spiro atoms. The Labute approximate surface area is 180 Å². The van der Waals surface area contributed by atoms with E-state index < -0.39 is 0 Å². The molecule has 0 unspecified atom stereocenters. The largest absolute Gasteiger partial charge is 0.489 e. The first-order valence-electron chi connectivity index (χ1n) is 10.2. The second kappa shape index (κ2) is 9.98. The van der Waals surface area contributed by atoms with Crippen LogP contribution in [0.15, 0.2) is 48.8 Å². The summed E-state index contributed by atoms with van der Waals surface area (Å²) >= 11 is 0. The molecule has 158 valence electrons. The minimum absolute atomic E-state index is 0.0640. The second-order valence-corrected chi connectivity index (χ2v) is 7.15. The Bertz CT molecular complexity index is 1060. The number of hydrogen-bond donors (Lipinski definition) is 2. The van der Waals surface area contributed by atoms with Gasteiger partial charge in [-0.3, -0.25) is 4.98 Å². The summed E-state index contributed by atoms with van der Waals surface area (Å²) in [6, 6.07) is 13.2. The van der Waals surface area contributed by atoms with Crippen molar-refractivity contribution in [2.24, 2.45) is 0 Å². The predicted molar refractivity (Wildman–Crippen MR) is 115 cm³/mol. The average Bonchev–Trinajstić information content (AvgIpc) is 2.82. The number of pyridine rings is 1. The summed E-state index contributed by atoms with van der Waals surface area (Å²) in [5, 5.41) is 21.7. The molecule has 0 radical (unpaired) electrons. The van der Waals surface area contributed by atoms with Gasteiger partial charge in [-0.1, -0.05) is 0 Å². The quantitative estimate of drug-likeness (QED) is 0.602. The summed E-state index contributed by atoms with van der Waals surface area (Å²) in [6.07, 6.45) is 5.57. The molecule has 2 N–H and O–H groups in total. The zero-order valence-corrected chi connectivity index (χ0v) is 17.0. The van der Waals surface area contributed by atoms with E-state index in [1.54, 1.807) is 24.5 Å². The molecule has 4 rings (SSSR count). The van der Waals surface area contributed by atoms with Crippen LogP contribution in [-0.2, 0) is 11.2 Å². The number of benzene rings is 1. The molecule has 0 atom stereocenters. The van der Waals surface area contributed by atoms with Gasteiger partial charge in [-0.2, -0.15) is 5.26 Å². The van der Waals surface area contributed by atoms with E-state index in [-0.39, 0.29) is 12.7 Å². The van der Waals surface area contributed by atoms with Gasteiger partial charge in [0.05, 0.1) is 36.4 Å². The Balaban J connectivity index is 1.50. The van der Waals surface area contributed by atoms with Crippen molar-refractivity contribution in [1.82, 2.24) is 15.0 Å². The molecule has 3 aromatic rings. The van der Waals surface area contributed by atoms with Crippen molar-refractivity contribution in [3.8, 4) is 23.1 Å². The topological polar surface area (TPSA) is 113 Å². The number of nitrogens with one attached hydrogen (secondary N) is 1. The monoisotopic (exact) mass is 417 g/mol. The lowest BCUT2D eigenvalue weighted by Crippen LogP contribution is -2.26. The van der Waals surface area contributed by atoms with Crippen molar-refractivity contribution in [2.75, 3.05) is 25.1 Å². The van der Waals surface area contributed by atoms with Crippen LogP contribution >= 0.6 is 0 Å². The number of nitrogens with zero attached hydrogens (tertiary/aromatic N) is 4. The average molecular weight is 417 g/mol. The van der Waals surface area contributed by atoms with E-state index in [4.69, 9.17) is 14.6 Å². The number of aliphatic hydroxyl groups excluding tert-OH is 1. The summed E-state index contributed by atoms with van der Waals surface area (Å²) in [7, 11) is 0. The molecule has 0 amide bonds. The van der Waals surface area contributed by atoms with Crippen LogP contribution in [0.3, 0.4) is 0 Å². The number of rotatable bonds is 7. The summed E-state index contributed by atoms with van der Waals surface area (Å²) < 4.78 is 11.4. The van der Waals surface area contributed by atoms with Gasteiger partial charge in [0.25, 0.3) is 0 Å². The predicted octanol–water partition coefficient (Wildman–Crippen LogP) is 3.25. The standard InChI is InChI=1S/C23H23N5O3/c24-14-17-13-16(1-4-22(17)31-20-7-11-30-12-8-20)21-5-9-25-23(28-21)27-19-3-2-18(6-10-29)26-15-19/h1-5,9,13,15,20,29H,6-8,10-12H2,(H,25,27,28). The van der Waals surface area contributed by atoms with Gasteiger partial charge in [0.1, 0.15) is 17.9 Å². The molecule has 3 heterocycles. The number of aliphatic hydroxyl groups is 1.